The number of esters is 1. The lowest BCUT2D eigenvalue weighted by atomic mass is 10.0. The molecule has 8 nitrogen and oxygen atoms in total. The third kappa shape index (κ3) is 40.3. The van der Waals surface area contributed by atoms with Gasteiger partial charge in [-0.2, -0.15) is 0 Å². The van der Waals surface area contributed by atoms with E-state index < -0.39 is 6.29 Å². The van der Waals surface area contributed by atoms with Crippen molar-refractivity contribution in [2.45, 2.75) is 251 Å². The molecule has 8 heteroatoms. The number of rotatable bonds is 44. The minimum absolute atomic E-state index is 0.0244. The Morgan fingerprint density at radius 2 is 0.944 bits per heavy atom. The number of ether oxygens (including phenoxy) is 2. The average Bonchev–Trinajstić information content (AvgIpc) is 3.15. The molecule has 0 radical (unpaired) electrons. The Morgan fingerprint density at radius 3 is 1.44 bits per heavy atom. The van der Waals surface area contributed by atoms with Crippen LogP contribution in [-0.2, 0) is 14.3 Å². The zero-order chi connectivity index (χ0) is 39.6. The molecule has 1 atom stereocenters. The van der Waals surface area contributed by atoms with Crippen molar-refractivity contribution in [3.05, 3.63) is 0 Å². The van der Waals surface area contributed by atoms with Gasteiger partial charge in [0, 0.05) is 13.0 Å². The standard InChI is InChI=1S/C46H94N4O4/c1-4-7-10-13-16-25-32-42-53-44(51)36-28-21-17-23-30-39-50(41-33-38-49-46(47)48)40-31-24-18-22-29-37-45(52)54-43(34-26-19-14-11-8-5-2)35-27-20-15-12-9-6-3/h43,45,52H,4-42H2,1-3H3,(H4,47,48,49). The molecule has 0 aromatic rings. The van der Waals surface area contributed by atoms with Gasteiger partial charge in [-0.15, -0.1) is 0 Å². The first-order valence-electron chi connectivity index (χ1n) is 23.7. The zero-order valence-electron chi connectivity index (χ0n) is 36.5. The van der Waals surface area contributed by atoms with Crippen LogP contribution in [0.15, 0.2) is 4.99 Å². The predicted molar refractivity (Wildman–Crippen MR) is 233 cm³/mol. The number of hydrogen-bond acceptors (Lipinski definition) is 6. The maximum Gasteiger partial charge on any atom is 0.305 e. The highest BCUT2D eigenvalue weighted by atomic mass is 16.6. The number of nitrogens with zero attached hydrogens (tertiary/aromatic N) is 2. The maximum absolute atomic E-state index is 12.1. The second-order valence-electron chi connectivity index (χ2n) is 16.2. The van der Waals surface area contributed by atoms with Gasteiger partial charge in [0.2, 0.25) is 0 Å². The van der Waals surface area contributed by atoms with E-state index >= 15 is 0 Å². The molecule has 0 bridgehead atoms. The van der Waals surface area contributed by atoms with Crippen molar-refractivity contribution in [1.82, 2.24) is 4.90 Å². The Bertz CT molecular complexity index is 779. The Balaban J connectivity index is 4.24. The highest BCUT2D eigenvalue weighted by Gasteiger charge is 2.15. The van der Waals surface area contributed by atoms with E-state index in [0.29, 0.717) is 19.6 Å². The van der Waals surface area contributed by atoms with Gasteiger partial charge in [0.05, 0.1) is 12.7 Å². The van der Waals surface area contributed by atoms with Crippen molar-refractivity contribution < 1.29 is 19.4 Å². The van der Waals surface area contributed by atoms with Gasteiger partial charge in [-0.05, 0) is 77.4 Å². The van der Waals surface area contributed by atoms with E-state index in [2.05, 4.69) is 30.7 Å². The van der Waals surface area contributed by atoms with E-state index in [4.69, 9.17) is 20.9 Å². The lowest BCUT2D eigenvalue weighted by Crippen LogP contribution is -2.28. The van der Waals surface area contributed by atoms with Crippen molar-refractivity contribution in [1.29, 1.82) is 0 Å². The first-order valence-corrected chi connectivity index (χ1v) is 23.7. The summed E-state index contributed by atoms with van der Waals surface area (Å²) in [4.78, 5) is 18.8. The van der Waals surface area contributed by atoms with E-state index in [1.165, 1.54) is 154 Å². The third-order valence-electron chi connectivity index (χ3n) is 10.8. The van der Waals surface area contributed by atoms with Gasteiger partial charge < -0.3 is 30.9 Å². The van der Waals surface area contributed by atoms with Gasteiger partial charge >= 0.3 is 5.97 Å². The average molecular weight is 767 g/mol. The molecule has 0 fully saturated rings. The van der Waals surface area contributed by atoms with Crippen molar-refractivity contribution >= 4 is 11.9 Å². The quantitative estimate of drug-likeness (QED) is 0.0185. The van der Waals surface area contributed by atoms with Crippen LogP contribution in [0, 0.1) is 0 Å². The molecule has 5 N–H and O–H groups in total. The molecule has 1 unspecified atom stereocenters. The van der Waals surface area contributed by atoms with Crippen molar-refractivity contribution in [2.24, 2.45) is 16.5 Å². The monoisotopic (exact) mass is 767 g/mol. The Hall–Kier alpha value is -1.38. The van der Waals surface area contributed by atoms with Gasteiger partial charge in [0.25, 0.3) is 0 Å². The van der Waals surface area contributed by atoms with E-state index in [0.717, 1.165) is 77.4 Å². The topological polar surface area (TPSA) is 123 Å². The molecule has 54 heavy (non-hydrogen) atoms. The van der Waals surface area contributed by atoms with Crippen LogP contribution in [-0.4, -0.2) is 67.1 Å². The van der Waals surface area contributed by atoms with Crippen molar-refractivity contribution in [2.75, 3.05) is 32.8 Å². The maximum atomic E-state index is 12.1. The molecular weight excluding hydrogens is 673 g/mol. The number of guanidine groups is 1. The minimum Gasteiger partial charge on any atom is -0.466 e. The summed E-state index contributed by atoms with van der Waals surface area (Å²) in [7, 11) is 0. The smallest absolute Gasteiger partial charge is 0.305 e. The molecule has 0 aliphatic heterocycles. The second-order valence-corrected chi connectivity index (χ2v) is 16.2. The Kier molecular flexibility index (Phi) is 41.7. The van der Waals surface area contributed by atoms with Gasteiger partial charge in [-0.25, -0.2) is 0 Å². The first-order chi connectivity index (χ1) is 26.4. The highest BCUT2D eigenvalue weighted by molar-refractivity contribution is 5.75. The summed E-state index contributed by atoms with van der Waals surface area (Å²) in [5.41, 5.74) is 11.1. The van der Waals surface area contributed by atoms with Crippen LogP contribution >= 0.6 is 0 Å². The van der Waals surface area contributed by atoms with E-state index in [1.54, 1.807) is 0 Å². The molecule has 0 heterocycles. The molecule has 0 aliphatic rings. The number of unbranched alkanes of at least 4 members (excludes halogenated alkanes) is 24. The summed E-state index contributed by atoms with van der Waals surface area (Å²) in [5.74, 6) is 0.147. The highest BCUT2D eigenvalue weighted by Crippen LogP contribution is 2.20. The summed E-state index contributed by atoms with van der Waals surface area (Å²) in [6, 6.07) is 0. The molecule has 322 valence electrons. The van der Waals surface area contributed by atoms with Crippen LogP contribution < -0.4 is 11.5 Å². The van der Waals surface area contributed by atoms with Crippen LogP contribution in [0.5, 0.6) is 0 Å². The van der Waals surface area contributed by atoms with Crippen LogP contribution in [0.3, 0.4) is 0 Å². The summed E-state index contributed by atoms with van der Waals surface area (Å²) in [6.07, 6.45) is 39.7. The van der Waals surface area contributed by atoms with Crippen LogP contribution in [0.4, 0.5) is 0 Å². The number of carbonyl (C=O) groups is 1. The fourth-order valence-electron chi connectivity index (χ4n) is 7.35. The van der Waals surface area contributed by atoms with Gasteiger partial charge in [0.15, 0.2) is 12.2 Å². The SMILES string of the molecule is CCCCCCCCCOC(=O)CCCCCCCN(CCCCCCCC(O)OC(CCCCCCCC)CCCCCCCC)CCCN=C(N)N. The van der Waals surface area contributed by atoms with Crippen LogP contribution in [0.25, 0.3) is 0 Å². The Labute approximate surface area is 336 Å². The molecular formula is C46H94N4O4. The molecule has 0 amide bonds. The number of nitrogens with two attached hydrogens (primary N) is 2. The lowest BCUT2D eigenvalue weighted by Gasteiger charge is -2.22. The number of hydrogen-bond donors (Lipinski definition) is 3. The number of carbonyl (C=O) groups excluding carboxylic acids is 1. The van der Waals surface area contributed by atoms with Gasteiger partial charge in [-0.1, -0.05) is 175 Å². The number of aliphatic hydroxyl groups is 1. The molecule has 0 aromatic heterocycles. The minimum atomic E-state index is -0.621. The second kappa shape index (κ2) is 42.8. The van der Waals surface area contributed by atoms with Crippen molar-refractivity contribution in [3.8, 4) is 0 Å². The van der Waals surface area contributed by atoms with E-state index in [-0.39, 0.29) is 18.0 Å². The summed E-state index contributed by atoms with van der Waals surface area (Å²) < 4.78 is 11.7. The number of aliphatic imine (C=N–C) groups is 1. The normalized spacial score (nSPS) is 12.2. The molecule has 0 aromatic carbocycles. The van der Waals surface area contributed by atoms with Gasteiger partial charge in [-0.3, -0.25) is 9.79 Å². The van der Waals surface area contributed by atoms with Crippen molar-refractivity contribution in [3.63, 3.8) is 0 Å². The fourth-order valence-corrected chi connectivity index (χ4v) is 7.35. The van der Waals surface area contributed by atoms with E-state index in [1.807, 2.05) is 0 Å². The molecule has 0 aliphatic carbocycles. The Morgan fingerprint density at radius 1 is 0.537 bits per heavy atom. The fraction of sp³-hybridized carbons (Fsp3) is 0.957. The molecule has 0 spiro atoms. The van der Waals surface area contributed by atoms with Crippen LogP contribution in [0.1, 0.15) is 239 Å². The third-order valence-corrected chi connectivity index (χ3v) is 10.8. The molecule has 0 saturated carbocycles. The largest absolute Gasteiger partial charge is 0.466 e. The van der Waals surface area contributed by atoms with Crippen LogP contribution in [0.2, 0.25) is 0 Å². The van der Waals surface area contributed by atoms with E-state index in [9.17, 15) is 9.90 Å². The van der Waals surface area contributed by atoms with Gasteiger partial charge in [0.1, 0.15) is 0 Å². The summed E-state index contributed by atoms with van der Waals surface area (Å²) in [6.45, 7) is 11.3. The summed E-state index contributed by atoms with van der Waals surface area (Å²) >= 11 is 0. The molecule has 0 saturated heterocycles. The summed E-state index contributed by atoms with van der Waals surface area (Å²) in [5, 5.41) is 10.8. The predicted octanol–water partition coefficient (Wildman–Crippen LogP) is 12.1. The molecule has 0 rings (SSSR count). The number of aliphatic hydroxyl groups excluding tert-OH is 1. The first kappa shape index (κ1) is 52.6. The lowest BCUT2D eigenvalue weighted by molar-refractivity contribution is -0.144. The zero-order valence-corrected chi connectivity index (χ0v) is 36.5.